The first-order valence-electron chi connectivity index (χ1n) is 6.77. The van der Waals surface area contributed by atoms with Crippen LogP contribution in [0, 0.1) is 12.7 Å². The Morgan fingerprint density at radius 2 is 1.90 bits per heavy atom. The number of nitrogens with one attached hydrogen (secondary N) is 1. The third-order valence-corrected chi connectivity index (χ3v) is 3.52. The van der Waals surface area contributed by atoms with E-state index in [0.717, 1.165) is 16.8 Å². The minimum atomic E-state index is -0.304. The molecule has 0 bridgehead atoms. The first kappa shape index (κ1) is 13.5. The molecule has 0 saturated carbocycles. The molecule has 3 aromatic rings. The number of nitrogens with zero attached hydrogens (tertiary/aromatic N) is 1. The van der Waals surface area contributed by atoms with Crippen LogP contribution < -0.4 is 5.73 Å². The van der Waals surface area contributed by atoms with Crippen molar-refractivity contribution in [1.82, 2.24) is 9.97 Å². The summed E-state index contributed by atoms with van der Waals surface area (Å²) in [6.45, 7) is 1.74. The number of rotatable bonds is 3. The van der Waals surface area contributed by atoms with Crippen LogP contribution in [-0.4, -0.2) is 9.97 Å². The highest BCUT2D eigenvalue weighted by Crippen LogP contribution is 2.23. The summed E-state index contributed by atoms with van der Waals surface area (Å²) < 4.78 is 13.3. The molecule has 106 valence electrons. The van der Waals surface area contributed by atoms with Crippen LogP contribution in [0.25, 0.3) is 11.3 Å². The maximum Gasteiger partial charge on any atom is 0.128 e. The fraction of sp³-hybridized carbons (Fsp3) is 0.118. The molecule has 1 heterocycles. The Labute approximate surface area is 122 Å². The number of aromatic amines is 1. The molecule has 0 aliphatic heterocycles. The van der Waals surface area contributed by atoms with Crippen LogP contribution in [-0.2, 0) is 0 Å². The van der Waals surface area contributed by atoms with Gasteiger partial charge in [0, 0.05) is 5.56 Å². The third kappa shape index (κ3) is 2.71. The van der Waals surface area contributed by atoms with E-state index in [0.29, 0.717) is 11.4 Å². The molecule has 3 N–H and O–H groups in total. The van der Waals surface area contributed by atoms with E-state index in [9.17, 15) is 4.39 Å². The number of aromatic nitrogens is 2. The first-order valence-corrected chi connectivity index (χ1v) is 6.77. The molecule has 21 heavy (non-hydrogen) atoms. The second-order valence-electron chi connectivity index (χ2n) is 5.03. The van der Waals surface area contributed by atoms with E-state index in [4.69, 9.17) is 5.73 Å². The predicted octanol–water partition coefficient (Wildman–Crippen LogP) is 3.57. The molecule has 2 aromatic carbocycles. The summed E-state index contributed by atoms with van der Waals surface area (Å²) in [6.07, 6.45) is 1.73. The molecule has 0 aliphatic carbocycles. The van der Waals surface area contributed by atoms with Gasteiger partial charge in [-0.25, -0.2) is 9.37 Å². The van der Waals surface area contributed by atoms with Crippen LogP contribution in [0.1, 0.15) is 23.0 Å². The number of H-pyrrole nitrogens is 1. The van der Waals surface area contributed by atoms with Crippen molar-refractivity contribution in [1.29, 1.82) is 0 Å². The van der Waals surface area contributed by atoms with Gasteiger partial charge in [-0.1, -0.05) is 30.3 Å². The summed E-state index contributed by atoms with van der Waals surface area (Å²) in [7, 11) is 0. The van der Waals surface area contributed by atoms with E-state index in [1.807, 2.05) is 30.3 Å². The van der Waals surface area contributed by atoms with Gasteiger partial charge >= 0.3 is 0 Å². The Bertz CT molecular complexity index is 750. The highest BCUT2D eigenvalue weighted by molar-refractivity contribution is 5.59. The molecular weight excluding hydrogens is 265 g/mol. The van der Waals surface area contributed by atoms with Gasteiger partial charge < -0.3 is 10.7 Å². The van der Waals surface area contributed by atoms with E-state index in [2.05, 4.69) is 9.97 Å². The van der Waals surface area contributed by atoms with Crippen LogP contribution in [0.15, 0.2) is 54.7 Å². The van der Waals surface area contributed by atoms with E-state index in [-0.39, 0.29) is 11.9 Å². The third-order valence-electron chi connectivity index (χ3n) is 3.52. The van der Waals surface area contributed by atoms with Crippen molar-refractivity contribution in [3.05, 3.63) is 77.5 Å². The fourth-order valence-electron chi connectivity index (χ4n) is 2.27. The van der Waals surface area contributed by atoms with Crippen molar-refractivity contribution >= 4 is 0 Å². The van der Waals surface area contributed by atoms with E-state index in [1.165, 1.54) is 6.07 Å². The van der Waals surface area contributed by atoms with Gasteiger partial charge in [0.05, 0.1) is 17.9 Å². The number of imidazole rings is 1. The smallest absolute Gasteiger partial charge is 0.128 e. The van der Waals surface area contributed by atoms with Crippen molar-refractivity contribution in [3.8, 4) is 11.3 Å². The van der Waals surface area contributed by atoms with Gasteiger partial charge in [0.25, 0.3) is 0 Å². The van der Waals surface area contributed by atoms with Crippen molar-refractivity contribution < 1.29 is 4.39 Å². The summed E-state index contributed by atoms with van der Waals surface area (Å²) >= 11 is 0. The molecule has 1 atom stereocenters. The van der Waals surface area contributed by atoms with Crippen LogP contribution >= 0.6 is 0 Å². The zero-order chi connectivity index (χ0) is 14.8. The Morgan fingerprint density at radius 3 is 2.62 bits per heavy atom. The Morgan fingerprint density at radius 1 is 1.14 bits per heavy atom. The lowest BCUT2D eigenvalue weighted by atomic mass is 10.1. The number of hydrogen-bond donors (Lipinski definition) is 2. The van der Waals surface area contributed by atoms with Crippen molar-refractivity contribution in [2.24, 2.45) is 5.73 Å². The zero-order valence-electron chi connectivity index (χ0n) is 11.7. The van der Waals surface area contributed by atoms with E-state index >= 15 is 0 Å². The number of nitrogens with two attached hydrogens (primary N) is 1. The van der Waals surface area contributed by atoms with Crippen LogP contribution in [0.4, 0.5) is 4.39 Å². The normalized spacial score (nSPS) is 12.3. The van der Waals surface area contributed by atoms with Crippen molar-refractivity contribution in [2.45, 2.75) is 13.0 Å². The second-order valence-corrected chi connectivity index (χ2v) is 5.03. The van der Waals surface area contributed by atoms with Gasteiger partial charge in [-0.05, 0) is 36.2 Å². The van der Waals surface area contributed by atoms with Gasteiger partial charge in [-0.15, -0.1) is 0 Å². The number of benzene rings is 2. The monoisotopic (exact) mass is 281 g/mol. The lowest BCUT2D eigenvalue weighted by Gasteiger charge is -2.08. The molecule has 4 heteroatoms. The lowest BCUT2D eigenvalue weighted by Crippen LogP contribution is -2.13. The molecule has 0 aliphatic rings. The Balaban J connectivity index is 1.91. The van der Waals surface area contributed by atoms with Crippen LogP contribution in [0.3, 0.4) is 0 Å². The SMILES string of the molecule is Cc1cc(-c2cnc(C(N)c3ccccc3)[nH]2)ccc1F. The number of hydrogen-bond acceptors (Lipinski definition) is 2. The Kier molecular flexibility index (Phi) is 3.54. The zero-order valence-corrected chi connectivity index (χ0v) is 11.7. The molecule has 3 rings (SSSR count). The van der Waals surface area contributed by atoms with Gasteiger partial charge in [-0.2, -0.15) is 0 Å². The summed E-state index contributed by atoms with van der Waals surface area (Å²) in [4.78, 5) is 7.56. The number of halogens is 1. The summed E-state index contributed by atoms with van der Waals surface area (Å²) in [5, 5.41) is 0. The van der Waals surface area contributed by atoms with Crippen molar-refractivity contribution in [3.63, 3.8) is 0 Å². The second kappa shape index (κ2) is 5.50. The minimum Gasteiger partial charge on any atom is -0.340 e. The molecular formula is C17H16FN3. The molecule has 0 amide bonds. The molecule has 0 spiro atoms. The summed E-state index contributed by atoms with van der Waals surface area (Å²) in [6, 6.07) is 14.5. The Hall–Kier alpha value is -2.46. The van der Waals surface area contributed by atoms with E-state index in [1.54, 1.807) is 25.3 Å². The van der Waals surface area contributed by atoms with Crippen LogP contribution in [0.2, 0.25) is 0 Å². The van der Waals surface area contributed by atoms with E-state index < -0.39 is 0 Å². The van der Waals surface area contributed by atoms with Gasteiger partial charge in [0.2, 0.25) is 0 Å². The summed E-state index contributed by atoms with van der Waals surface area (Å²) in [5.74, 6) is 0.484. The molecule has 0 saturated heterocycles. The fourth-order valence-corrected chi connectivity index (χ4v) is 2.27. The highest BCUT2D eigenvalue weighted by atomic mass is 19.1. The maximum atomic E-state index is 13.3. The molecule has 3 nitrogen and oxygen atoms in total. The maximum absolute atomic E-state index is 13.3. The van der Waals surface area contributed by atoms with Crippen molar-refractivity contribution in [2.75, 3.05) is 0 Å². The van der Waals surface area contributed by atoms with Crippen LogP contribution in [0.5, 0.6) is 0 Å². The largest absolute Gasteiger partial charge is 0.340 e. The van der Waals surface area contributed by atoms with Gasteiger partial charge in [-0.3, -0.25) is 0 Å². The topological polar surface area (TPSA) is 54.7 Å². The molecule has 0 radical (unpaired) electrons. The first-order chi connectivity index (χ1) is 10.1. The van der Waals surface area contributed by atoms with Gasteiger partial charge in [0.15, 0.2) is 0 Å². The lowest BCUT2D eigenvalue weighted by molar-refractivity contribution is 0.619. The summed E-state index contributed by atoms with van der Waals surface area (Å²) in [5.41, 5.74) is 9.54. The standard InChI is InChI=1S/C17H16FN3/c1-11-9-13(7-8-14(11)18)15-10-20-17(21-15)16(19)12-5-3-2-4-6-12/h2-10,16H,19H2,1H3,(H,20,21). The predicted molar refractivity (Wildman–Crippen MR) is 81.2 cm³/mol. The molecule has 1 aromatic heterocycles. The molecule has 0 fully saturated rings. The number of aryl methyl sites for hydroxylation is 1. The van der Waals surface area contributed by atoms with Gasteiger partial charge in [0.1, 0.15) is 11.6 Å². The average molecular weight is 281 g/mol. The average Bonchev–Trinajstić information content (AvgIpc) is 3.00. The quantitative estimate of drug-likeness (QED) is 0.771. The highest BCUT2D eigenvalue weighted by Gasteiger charge is 2.13. The molecule has 1 unspecified atom stereocenters. The minimum absolute atomic E-state index is 0.209.